The van der Waals surface area contributed by atoms with Crippen LogP contribution in [0.5, 0.6) is 0 Å². The summed E-state index contributed by atoms with van der Waals surface area (Å²) < 4.78 is 76.7. The van der Waals surface area contributed by atoms with Crippen molar-refractivity contribution in [3.05, 3.63) is 198 Å². The molecule has 0 amide bonds. The zero-order valence-corrected chi connectivity index (χ0v) is 44.3. The van der Waals surface area contributed by atoms with E-state index in [4.69, 9.17) is 64.3 Å². The second kappa shape index (κ2) is 27.9. The Hall–Kier alpha value is -5.47. The minimum Gasteiger partial charge on any atom is -0.460 e. The molecule has 0 N–H and O–H groups in total. The van der Waals surface area contributed by atoms with Crippen LogP contribution in [0.1, 0.15) is 34.7 Å². The summed E-state index contributed by atoms with van der Waals surface area (Å²) in [4.78, 5) is 17.4. The van der Waals surface area contributed by atoms with Crippen LogP contribution in [0.4, 0.5) is 0 Å². The predicted molar refractivity (Wildman–Crippen MR) is 284 cm³/mol. The zero-order valence-electron chi connectivity index (χ0n) is 42.5. The van der Waals surface area contributed by atoms with Crippen LogP contribution in [0.3, 0.4) is 0 Å². The third-order valence-corrected chi connectivity index (χ3v) is 14.5. The highest BCUT2D eigenvalue weighted by molar-refractivity contribution is 7.80. The molecule has 14 nitrogen and oxygen atoms in total. The average molecular weight is 1050 g/mol. The first-order chi connectivity index (χ1) is 36.1. The molecule has 1 aromatic heterocycles. The van der Waals surface area contributed by atoms with Crippen LogP contribution < -0.4 is 0 Å². The molecule has 8 rings (SSSR count). The van der Waals surface area contributed by atoms with Gasteiger partial charge in [0.1, 0.15) is 43.0 Å². The predicted octanol–water partition coefficient (Wildman–Crippen LogP) is 9.71. The molecule has 2 aliphatic heterocycles. The smallest absolute Gasteiger partial charge is 0.303 e. The molecule has 2 aliphatic rings. The molecule has 0 bridgehead atoms. The molecule has 74 heavy (non-hydrogen) atoms. The van der Waals surface area contributed by atoms with Gasteiger partial charge in [-0.1, -0.05) is 171 Å². The molecule has 0 aliphatic carbocycles. The summed E-state index contributed by atoms with van der Waals surface area (Å²) in [7, 11) is -1.56. The second-order valence-electron chi connectivity index (χ2n) is 19.5. The zero-order chi connectivity index (χ0) is 51.5. The number of ether oxygens (including phenoxy) is 11. The number of benzene rings is 5. The molecule has 6 aromatic rings. The lowest BCUT2D eigenvalue weighted by Gasteiger charge is -2.50. The number of esters is 1. The molecule has 2 fully saturated rings. The van der Waals surface area contributed by atoms with Gasteiger partial charge in [0.05, 0.1) is 46.2 Å². The fourth-order valence-electron chi connectivity index (χ4n) is 8.66. The lowest BCUT2D eigenvalue weighted by molar-refractivity contribution is -0.372. The Morgan fingerprint density at radius 3 is 1.42 bits per heavy atom. The summed E-state index contributed by atoms with van der Waals surface area (Å²) in [6.45, 7) is 9.81. The van der Waals surface area contributed by atoms with Crippen LogP contribution in [0.25, 0.3) is 0 Å². The van der Waals surface area contributed by atoms with Crippen molar-refractivity contribution in [1.29, 1.82) is 0 Å². The van der Waals surface area contributed by atoms with Crippen LogP contribution in [0, 0.1) is 0 Å². The number of rotatable bonds is 25. The number of thiocarbonyl (C=S) groups is 1. The maximum atomic E-state index is 13.2. The Morgan fingerprint density at radius 1 is 0.541 bits per heavy atom. The summed E-state index contributed by atoms with van der Waals surface area (Å²) in [5, 5.41) is 0.0347. The fraction of sp³-hybridized carbons (Fsp3) is 0.397. The van der Waals surface area contributed by atoms with Crippen molar-refractivity contribution in [2.24, 2.45) is 0 Å². The van der Waals surface area contributed by atoms with Gasteiger partial charge in [-0.15, -0.1) is 0 Å². The van der Waals surface area contributed by atoms with Crippen molar-refractivity contribution < 1.29 is 56.9 Å². The van der Waals surface area contributed by atoms with E-state index in [-0.39, 0.29) is 44.8 Å². The lowest BCUT2D eigenvalue weighted by Crippen LogP contribution is -2.67. The second-order valence-corrected chi connectivity index (χ2v) is 25.5. The topological polar surface area (TPSA) is 136 Å². The van der Waals surface area contributed by atoms with Crippen molar-refractivity contribution in [3.63, 3.8) is 0 Å². The van der Waals surface area contributed by atoms with E-state index in [1.165, 1.54) is 13.3 Å². The third-order valence-electron chi connectivity index (χ3n) is 12.5. The molecule has 392 valence electrons. The van der Waals surface area contributed by atoms with Crippen LogP contribution in [0.2, 0.25) is 25.7 Å². The molecule has 0 radical (unpaired) electrons. The number of aromatic nitrogens is 2. The molecule has 10 atom stereocenters. The molecular weight excluding hydrogens is 977 g/mol. The highest BCUT2D eigenvalue weighted by Gasteiger charge is 2.56. The van der Waals surface area contributed by atoms with Crippen molar-refractivity contribution in [2.75, 3.05) is 19.8 Å². The molecular formula is C58H68N2O12SSi. The standard InChI is InChI=1S/C58H68N2O12SSi/c1-42(61)68-51-49(40-63-35-44-22-12-6-13-23-44)70-57(55(67-38-47-28-18-9-19-29-47)53(51)72-58(73)60-31-30-59-41-60)71-50-48(39-62-34-43-20-10-5-11-21-43)69-56(64-32-33-74(2,3)4)54(66-37-46-26-16-8-17-27-46)52(50)65-36-45-24-14-7-15-25-45/h5-31,41,48-57H,32-40H2,1-4H3/t48-,49-,50-,51+,52+,53+,54-,55-,56-,57+/m1/s1. The molecule has 0 saturated carbocycles. The van der Waals surface area contributed by atoms with Gasteiger partial charge in [0.2, 0.25) is 0 Å². The SMILES string of the molecule is CC(=O)O[C@@H]1[C@H](OC(=S)n2ccnc2)[C@@H](OCc2ccccc2)[C@H](O[C@H]2[C@H](OCc3ccccc3)[C@@H](OCc3ccccc3)[C@H](OCC[Si](C)(C)C)O[C@@H]2COCc2ccccc2)O[C@@H]1COCc1ccccc1. The first kappa shape index (κ1) is 54.8. The normalized spacial score (nSPS) is 24.0. The molecule has 5 aromatic carbocycles. The summed E-state index contributed by atoms with van der Waals surface area (Å²) in [6, 6.07) is 50.2. The van der Waals surface area contributed by atoms with Gasteiger partial charge in [-0.2, -0.15) is 0 Å². The summed E-state index contributed by atoms with van der Waals surface area (Å²) >= 11 is 5.91. The molecule has 16 heteroatoms. The lowest BCUT2D eigenvalue weighted by atomic mass is 9.95. The van der Waals surface area contributed by atoms with Crippen LogP contribution in [0.15, 0.2) is 170 Å². The van der Waals surface area contributed by atoms with Crippen molar-refractivity contribution in [1.82, 2.24) is 9.55 Å². The van der Waals surface area contributed by atoms with Gasteiger partial charge in [0.25, 0.3) is 5.17 Å². The maximum Gasteiger partial charge on any atom is 0.303 e. The molecule has 3 heterocycles. The van der Waals surface area contributed by atoms with Crippen LogP contribution in [-0.2, 0) is 89.9 Å². The van der Waals surface area contributed by atoms with Gasteiger partial charge < -0.3 is 52.1 Å². The summed E-state index contributed by atoms with van der Waals surface area (Å²) in [5.41, 5.74) is 4.68. The highest BCUT2D eigenvalue weighted by atomic mass is 32.1. The molecule has 0 spiro atoms. The van der Waals surface area contributed by atoms with E-state index >= 15 is 0 Å². The molecule has 2 saturated heterocycles. The van der Waals surface area contributed by atoms with Gasteiger partial charge in [-0.3, -0.25) is 9.36 Å². The Kier molecular flexibility index (Phi) is 20.6. The van der Waals surface area contributed by atoms with E-state index in [0.717, 1.165) is 33.9 Å². The van der Waals surface area contributed by atoms with Crippen LogP contribution in [-0.4, -0.2) is 110 Å². The number of nitrogens with zero attached hydrogens (tertiary/aromatic N) is 2. The first-order valence-electron chi connectivity index (χ1n) is 25.2. The minimum atomic E-state index is -1.56. The third kappa shape index (κ3) is 16.5. The highest BCUT2D eigenvalue weighted by Crippen LogP contribution is 2.37. The van der Waals surface area contributed by atoms with E-state index in [9.17, 15) is 4.79 Å². The Balaban J connectivity index is 1.21. The number of hydrogen-bond acceptors (Lipinski definition) is 14. The van der Waals surface area contributed by atoms with E-state index < -0.39 is 75.5 Å². The van der Waals surface area contributed by atoms with E-state index in [1.807, 2.05) is 152 Å². The summed E-state index contributed by atoms with van der Waals surface area (Å²) in [5.74, 6) is -0.570. The number of carbonyl (C=O) groups is 1. The summed E-state index contributed by atoms with van der Waals surface area (Å²) in [6.07, 6.45) is -5.16. The van der Waals surface area contributed by atoms with Gasteiger partial charge in [-0.25, -0.2) is 4.98 Å². The van der Waals surface area contributed by atoms with E-state index in [0.29, 0.717) is 13.2 Å². The minimum absolute atomic E-state index is 0.0347. The monoisotopic (exact) mass is 1040 g/mol. The maximum absolute atomic E-state index is 13.2. The fourth-order valence-corrected chi connectivity index (χ4v) is 9.61. The van der Waals surface area contributed by atoms with Gasteiger partial charge in [-0.05, 0) is 46.1 Å². The van der Waals surface area contributed by atoms with Crippen molar-refractivity contribution in [3.8, 4) is 0 Å². The number of carbonyl (C=O) groups excluding carboxylic acids is 1. The van der Waals surface area contributed by atoms with E-state index in [1.54, 1.807) is 17.0 Å². The first-order valence-corrected chi connectivity index (χ1v) is 29.3. The van der Waals surface area contributed by atoms with Gasteiger partial charge in [0, 0.05) is 34.0 Å². The van der Waals surface area contributed by atoms with Gasteiger partial charge in [0.15, 0.2) is 24.8 Å². The Bertz CT molecular complexity index is 2550. The van der Waals surface area contributed by atoms with Gasteiger partial charge >= 0.3 is 5.97 Å². The largest absolute Gasteiger partial charge is 0.460 e. The Morgan fingerprint density at radius 2 is 0.973 bits per heavy atom. The number of hydrogen-bond donors (Lipinski definition) is 0. The number of imidazole rings is 1. The van der Waals surface area contributed by atoms with E-state index in [2.05, 4.69) is 24.6 Å². The molecule has 0 unspecified atom stereocenters. The Labute approximate surface area is 441 Å². The van der Waals surface area contributed by atoms with Crippen LogP contribution >= 0.6 is 12.2 Å². The average Bonchev–Trinajstić information content (AvgIpc) is 3.96. The quantitative estimate of drug-likeness (QED) is 0.0306. The van der Waals surface area contributed by atoms with Crippen molar-refractivity contribution in [2.45, 2.75) is 127 Å². The van der Waals surface area contributed by atoms with Crippen molar-refractivity contribution >= 4 is 31.4 Å².